The van der Waals surface area contributed by atoms with Crippen LogP contribution in [-0.2, 0) is 0 Å². The number of rotatable bonds is 2. The van der Waals surface area contributed by atoms with Crippen molar-refractivity contribution in [2.24, 2.45) is 0 Å². The van der Waals surface area contributed by atoms with Crippen molar-refractivity contribution in [1.29, 1.82) is 0 Å². The van der Waals surface area contributed by atoms with Crippen molar-refractivity contribution in [1.82, 2.24) is 9.55 Å². The molecule has 1 N–H and O–H groups in total. The van der Waals surface area contributed by atoms with Crippen molar-refractivity contribution in [3.8, 4) is 11.4 Å². The zero-order chi connectivity index (χ0) is 14.4. The normalized spacial score (nSPS) is 11.3. The molecule has 2 aromatic heterocycles. The first-order valence-corrected chi connectivity index (χ1v) is 7.82. The topological polar surface area (TPSA) is 29.9 Å². The summed E-state index contributed by atoms with van der Waals surface area (Å²) in [6.07, 6.45) is 0. The van der Waals surface area contributed by atoms with Gasteiger partial charge in [-0.15, -0.1) is 11.3 Å². The van der Waals surface area contributed by atoms with E-state index in [-0.39, 0.29) is 0 Å². The summed E-state index contributed by atoms with van der Waals surface area (Å²) in [6, 6.07) is 14.5. The number of H-pyrrole nitrogens is 1. The van der Waals surface area contributed by atoms with Gasteiger partial charge in [0.25, 0.3) is 0 Å². The van der Waals surface area contributed by atoms with Crippen LogP contribution in [0.1, 0.15) is 0 Å². The molecule has 0 saturated heterocycles. The van der Waals surface area contributed by atoms with Crippen LogP contribution in [0.5, 0.6) is 5.75 Å². The van der Waals surface area contributed by atoms with Crippen molar-refractivity contribution in [3.05, 3.63) is 52.6 Å². The molecule has 0 bridgehead atoms. The maximum absolute atomic E-state index is 5.50. The molecule has 4 rings (SSSR count). The van der Waals surface area contributed by atoms with Gasteiger partial charge in [0.05, 0.1) is 12.6 Å². The molecule has 0 unspecified atom stereocenters. The number of para-hydroxylation sites is 1. The van der Waals surface area contributed by atoms with Gasteiger partial charge in [0.1, 0.15) is 11.3 Å². The lowest BCUT2D eigenvalue weighted by Gasteiger charge is -2.06. The Labute approximate surface area is 130 Å². The second-order valence-corrected chi connectivity index (χ2v) is 6.10. The zero-order valence-electron chi connectivity index (χ0n) is 11.3. The maximum Gasteiger partial charge on any atom is 0.182 e. The third-order valence-corrected chi connectivity index (χ3v) is 4.78. The minimum Gasteiger partial charge on any atom is -0.494 e. The number of ether oxygens (including phenoxy) is 1. The summed E-state index contributed by atoms with van der Waals surface area (Å²) in [7, 11) is 1.67. The monoisotopic (exact) mass is 312 g/mol. The first-order valence-electron chi connectivity index (χ1n) is 6.53. The average molecular weight is 312 g/mol. The zero-order valence-corrected chi connectivity index (χ0v) is 12.9. The number of hydrogen-bond acceptors (Lipinski definition) is 3. The van der Waals surface area contributed by atoms with Crippen LogP contribution in [0.2, 0.25) is 0 Å². The molecule has 21 heavy (non-hydrogen) atoms. The van der Waals surface area contributed by atoms with Crippen molar-refractivity contribution < 1.29 is 4.74 Å². The van der Waals surface area contributed by atoms with E-state index in [1.807, 2.05) is 22.8 Å². The molecule has 0 fully saturated rings. The number of aromatic nitrogens is 2. The molecule has 5 heteroatoms. The molecule has 0 aliphatic heterocycles. The van der Waals surface area contributed by atoms with Crippen LogP contribution in [0.15, 0.2) is 47.8 Å². The van der Waals surface area contributed by atoms with E-state index in [1.165, 1.54) is 10.1 Å². The predicted molar refractivity (Wildman–Crippen MR) is 90.4 cm³/mol. The predicted octanol–water partition coefficient (Wildman–Crippen LogP) is 4.91. The molecule has 2 heterocycles. The van der Waals surface area contributed by atoms with Crippen LogP contribution >= 0.6 is 23.6 Å². The summed E-state index contributed by atoms with van der Waals surface area (Å²) in [4.78, 5) is 3.24. The highest BCUT2D eigenvalue weighted by Crippen LogP contribution is 2.29. The molecule has 0 radical (unpaired) electrons. The lowest BCUT2D eigenvalue weighted by molar-refractivity contribution is 0.419. The summed E-state index contributed by atoms with van der Waals surface area (Å²) in [5.74, 6) is 0.800. The number of nitrogens with zero attached hydrogens (tertiary/aromatic N) is 1. The van der Waals surface area contributed by atoms with Gasteiger partial charge in [-0.05, 0) is 59.4 Å². The van der Waals surface area contributed by atoms with E-state index in [9.17, 15) is 0 Å². The molecule has 4 aromatic rings. The second-order valence-electron chi connectivity index (χ2n) is 4.76. The Kier molecular flexibility index (Phi) is 2.83. The largest absolute Gasteiger partial charge is 0.494 e. The van der Waals surface area contributed by atoms with Gasteiger partial charge in [-0.2, -0.15) is 0 Å². The fraction of sp³-hybridized carbons (Fsp3) is 0.0625. The SMILES string of the molecule is COc1cccc2c1[nH]c(=S)n2-c1ccc2sccc2c1. The van der Waals surface area contributed by atoms with Crippen molar-refractivity contribution in [3.63, 3.8) is 0 Å². The van der Waals surface area contributed by atoms with Crippen molar-refractivity contribution >= 4 is 44.7 Å². The minimum atomic E-state index is 0.670. The summed E-state index contributed by atoms with van der Waals surface area (Å²) in [5.41, 5.74) is 3.01. The quantitative estimate of drug-likeness (QED) is 0.533. The van der Waals surface area contributed by atoms with E-state index in [4.69, 9.17) is 17.0 Å². The highest BCUT2D eigenvalue weighted by Gasteiger charge is 2.10. The third-order valence-electron chi connectivity index (χ3n) is 3.59. The van der Waals surface area contributed by atoms with E-state index in [0.717, 1.165) is 22.5 Å². The Hall–Kier alpha value is -2.11. The number of imidazole rings is 1. The van der Waals surface area contributed by atoms with E-state index in [1.54, 1.807) is 18.4 Å². The highest BCUT2D eigenvalue weighted by molar-refractivity contribution is 7.71. The van der Waals surface area contributed by atoms with Crippen LogP contribution in [-0.4, -0.2) is 16.7 Å². The van der Waals surface area contributed by atoms with Crippen molar-refractivity contribution in [2.45, 2.75) is 0 Å². The van der Waals surface area contributed by atoms with Gasteiger partial charge in [0.15, 0.2) is 4.77 Å². The minimum absolute atomic E-state index is 0.670. The smallest absolute Gasteiger partial charge is 0.182 e. The molecule has 0 aliphatic rings. The van der Waals surface area contributed by atoms with E-state index >= 15 is 0 Å². The molecular formula is C16H12N2OS2. The first-order chi connectivity index (χ1) is 10.3. The van der Waals surface area contributed by atoms with Crippen LogP contribution in [0, 0.1) is 4.77 Å². The highest BCUT2D eigenvalue weighted by atomic mass is 32.1. The van der Waals surface area contributed by atoms with Crippen LogP contribution in [0.25, 0.3) is 26.8 Å². The number of methoxy groups -OCH3 is 1. The molecule has 3 nitrogen and oxygen atoms in total. The summed E-state index contributed by atoms with van der Waals surface area (Å²) in [5, 5.41) is 3.34. The summed E-state index contributed by atoms with van der Waals surface area (Å²) >= 11 is 7.24. The number of fused-ring (bicyclic) bond motifs is 2. The average Bonchev–Trinajstić information content (AvgIpc) is 3.08. The van der Waals surface area contributed by atoms with Gasteiger partial charge < -0.3 is 9.72 Å². The van der Waals surface area contributed by atoms with Gasteiger partial charge in [0, 0.05) is 10.4 Å². The van der Waals surface area contributed by atoms with Gasteiger partial charge in [0.2, 0.25) is 0 Å². The number of hydrogen-bond donors (Lipinski definition) is 1. The second kappa shape index (κ2) is 4.72. The molecule has 0 amide bonds. The third kappa shape index (κ3) is 1.89. The maximum atomic E-state index is 5.50. The van der Waals surface area contributed by atoms with E-state index in [0.29, 0.717) is 4.77 Å². The lowest BCUT2D eigenvalue weighted by atomic mass is 10.2. The summed E-state index contributed by atoms with van der Waals surface area (Å²) < 4.78 is 9.40. The molecule has 0 saturated carbocycles. The standard InChI is InChI=1S/C16H12N2OS2/c1-19-13-4-2-3-12-15(13)17-16(20)18(12)11-5-6-14-10(9-11)7-8-21-14/h2-9H,1H3,(H,17,20). The molecule has 0 aliphatic carbocycles. The number of benzene rings is 2. The molecule has 0 spiro atoms. The van der Waals surface area contributed by atoms with Crippen LogP contribution in [0.4, 0.5) is 0 Å². The Morgan fingerprint density at radius 3 is 2.95 bits per heavy atom. The van der Waals surface area contributed by atoms with Crippen molar-refractivity contribution in [2.75, 3.05) is 7.11 Å². The summed E-state index contributed by atoms with van der Waals surface area (Å²) in [6.45, 7) is 0. The van der Waals surface area contributed by atoms with Gasteiger partial charge in [-0.25, -0.2) is 0 Å². The Bertz CT molecular complexity index is 1010. The molecule has 104 valence electrons. The molecule has 0 atom stereocenters. The van der Waals surface area contributed by atoms with E-state index < -0.39 is 0 Å². The van der Waals surface area contributed by atoms with Crippen LogP contribution < -0.4 is 4.74 Å². The van der Waals surface area contributed by atoms with Gasteiger partial charge >= 0.3 is 0 Å². The van der Waals surface area contributed by atoms with Crippen LogP contribution in [0.3, 0.4) is 0 Å². The number of nitrogens with one attached hydrogen (secondary N) is 1. The number of aromatic amines is 1. The molecule has 2 aromatic carbocycles. The Morgan fingerprint density at radius 1 is 1.19 bits per heavy atom. The van der Waals surface area contributed by atoms with Gasteiger partial charge in [-0.1, -0.05) is 6.07 Å². The Balaban J connectivity index is 2.05. The lowest BCUT2D eigenvalue weighted by Crippen LogP contribution is -1.93. The Morgan fingerprint density at radius 2 is 2.10 bits per heavy atom. The fourth-order valence-corrected chi connectivity index (χ4v) is 3.70. The molecular weight excluding hydrogens is 300 g/mol. The van der Waals surface area contributed by atoms with Gasteiger partial charge in [-0.3, -0.25) is 4.57 Å². The fourth-order valence-electron chi connectivity index (χ4n) is 2.62. The first kappa shape index (κ1) is 12.6. The number of thiophene rings is 1. The van der Waals surface area contributed by atoms with E-state index in [2.05, 4.69) is 34.6 Å².